The molecule has 0 atom stereocenters. The van der Waals surface area contributed by atoms with Gasteiger partial charge in [-0.05, 0) is 12.8 Å². The van der Waals surface area contributed by atoms with Gasteiger partial charge in [0.25, 0.3) is 0 Å². The number of aromatic nitrogens is 2. The average Bonchev–Trinajstić information content (AvgIpc) is 2.61. The van der Waals surface area contributed by atoms with Gasteiger partial charge in [0.1, 0.15) is 0 Å². The van der Waals surface area contributed by atoms with Crippen LogP contribution in [-0.2, 0) is 9.53 Å². The van der Waals surface area contributed by atoms with E-state index in [1.807, 2.05) is 10.8 Å². The highest BCUT2D eigenvalue weighted by Crippen LogP contribution is 2.36. The fraction of sp³-hybridized carbons (Fsp3) is 0.600. The number of carbonyl (C=O) groups is 1. The van der Waals surface area contributed by atoms with Crippen molar-refractivity contribution in [2.45, 2.75) is 30.1 Å². The summed E-state index contributed by atoms with van der Waals surface area (Å²) in [6.07, 6.45) is 5.91. The molecule has 6 heteroatoms. The molecule has 1 aliphatic carbocycles. The number of methoxy groups -OCH3 is 1. The van der Waals surface area contributed by atoms with E-state index in [1.165, 1.54) is 11.8 Å². The third kappa shape index (κ3) is 2.38. The van der Waals surface area contributed by atoms with E-state index in [0.717, 1.165) is 18.0 Å². The van der Waals surface area contributed by atoms with Gasteiger partial charge in [-0.15, -0.1) is 0 Å². The molecule has 1 saturated carbocycles. The maximum Gasteiger partial charge on any atom is 0.313 e. The highest BCUT2D eigenvalue weighted by Gasteiger charge is 2.31. The molecule has 0 radical (unpaired) electrons. The first-order valence-corrected chi connectivity index (χ1v) is 6.09. The predicted molar refractivity (Wildman–Crippen MR) is 59.7 cm³/mol. The van der Waals surface area contributed by atoms with Crippen molar-refractivity contribution >= 4 is 17.7 Å². The predicted octanol–water partition coefficient (Wildman–Crippen LogP) is 1.41. The highest BCUT2D eigenvalue weighted by atomic mass is 32.2. The van der Waals surface area contributed by atoms with Gasteiger partial charge in [0.2, 0.25) is 0 Å². The Morgan fingerprint density at radius 2 is 2.50 bits per heavy atom. The molecule has 1 fully saturated rings. The number of nitrogens with zero attached hydrogens (tertiary/aromatic N) is 2. The Morgan fingerprint density at radius 1 is 1.75 bits per heavy atom. The minimum atomic E-state index is -0.817. The minimum absolute atomic E-state index is 0.0530. The van der Waals surface area contributed by atoms with Crippen LogP contribution in [0.1, 0.15) is 18.9 Å². The van der Waals surface area contributed by atoms with Crippen LogP contribution in [0.4, 0.5) is 0 Å². The molecule has 0 aromatic carbocycles. The third-order valence-corrected chi connectivity index (χ3v) is 3.72. The highest BCUT2D eigenvalue weighted by molar-refractivity contribution is 7.99. The Balaban J connectivity index is 1.95. The number of carboxylic acid groups (broad SMARTS) is 1. The van der Waals surface area contributed by atoms with E-state index in [0.29, 0.717) is 12.1 Å². The van der Waals surface area contributed by atoms with Gasteiger partial charge in [-0.2, -0.15) is 0 Å². The van der Waals surface area contributed by atoms with Crippen LogP contribution in [0.3, 0.4) is 0 Å². The second-order valence-electron chi connectivity index (χ2n) is 3.78. The fourth-order valence-electron chi connectivity index (χ4n) is 1.77. The van der Waals surface area contributed by atoms with E-state index in [1.54, 1.807) is 13.3 Å². The maximum atomic E-state index is 10.5. The SMILES string of the molecule is COC1CC(n2ccnc2SCC(=O)O)C1. The van der Waals surface area contributed by atoms with Gasteiger partial charge in [0.15, 0.2) is 5.16 Å². The van der Waals surface area contributed by atoms with Gasteiger partial charge < -0.3 is 14.4 Å². The summed E-state index contributed by atoms with van der Waals surface area (Å²) in [7, 11) is 1.72. The first-order chi connectivity index (χ1) is 7.70. The Bertz CT molecular complexity index is 374. The van der Waals surface area contributed by atoms with Gasteiger partial charge in [0, 0.05) is 25.5 Å². The normalized spacial score (nSPS) is 24.1. The van der Waals surface area contributed by atoms with Gasteiger partial charge in [-0.3, -0.25) is 4.79 Å². The molecule has 0 spiro atoms. The number of rotatable bonds is 5. The Hall–Kier alpha value is -1.01. The number of carboxylic acids is 1. The van der Waals surface area contributed by atoms with Gasteiger partial charge in [-0.1, -0.05) is 11.8 Å². The Kier molecular flexibility index (Phi) is 3.50. The zero-order valence-corrected chi connectivity index (χ0v) is 9.81. The van der Waals surface area contributed by atoms with Crippen molar-refractivity contribution in [1.29, 1.82) is 0 Å². The summed E-state index contributed by atoms with van der Waals surface area (Å²) in [6.45, 7) is 0. The van der Waals surface area contributed by atoms with Crippen molar-refractivity contribution in [1.82, 2.24) is 9.55 Å². The molecule has 1 N–H and O–H groups in total. The number of ether oxygens (including phenoxy) is 1. The molecule has 0 bridgehead atoms. The molecular weight excluding hydrogens is 228 g/mol. The summed E-state index contributed by atoms with van der Waals surface area (Å²) in [5.41, 5.74) is 0. The average molecular weight is 242 g/mol. The van der Waals surface area contributed by atoms with E-state index < -0.39 is 5.97 Å². The molecule has 0 unspecified atom stereocenters. The molecule has 1 heterocycles. The van der Waals surface area contributed by atoms with Crippen LogP contribution in [0.5, 0.6) is 0 Å². The largest absolute Gasteiger partial charge is 0.481 e. The van der Waals surface area contributed by atoms with Crippen LogP contribution in [0, 0.1) is 0 Å². The minimum Gasteiger partial charge on any atom is -0.481 e. The number of hydrogen-bond donors (Lipinski definition) is 1. The molecule has 1 aromatic rings. The Labute approximate surface area is 97.8 Å². The van der Waals surface area contributed by atoms with Crippen LogP contribution in [0.15, 0.2) is 17.6 Å². The second kappa shape index (κ2) is 4.88. The monoisotopic (exact) mass is 242 g/mol. The van der Waals surface area contributed by atoms with Crippen molar-refractivity contribution in [3.63, 3.8) is 0 Å². The van der Waals surface area contributed by atoms with Crippen LogP contribution >= 0.6 is 11.8 Å². The molecule has 0 aliphatic heterocycles. The van der Waals surface area contributed by atoms with Crippen LogP contribution in [0.2, 0.25) is 0 Å². The summed E-state index contributed by atoms with van der Waals surface area (Å²) in [6, 6.07) is 0.406. The lowest BCUT2D eigenvalue weighted by Crippen LogP contribution is -2.32. The Morgan fingerprint density at radius 3 is 3.12 bits per heavy atom. The quantitative estimate of drug-likeness (QED) is 0.791. The van der Waals surface area contributed by atoms with Crippen LogP contribution < -0.4 is 0 Å². The molecule has 88 valence electrons. The first-order valence-electron chi connectivity index (χ1n) is 5.11. The lowest BCUT2D eigenvalue weighted by molar-refractivity contribution is -0.133. The summed E-state index contributed by atoms with van der Waals surface area (Å²) in [5, 5.41) is 9.39. The van der Waals surface area contributed by atoms with Crippen LogP contribution in [0.25, 0.3) is 0 Å². The molecule has 2 rings (SSSR count). The van der Waals surface area contributed by atoms with Crippen molar-refractivity contribution < 1.29 is 14.6 Å². The molecule has 16 heavy (non-hydrogen) atoms. The summed E-state index contributed by atoms with van der Waals surface area (Å²) in [4.78, 5) is 14.6. The lowest BCUT2D eigenvalue weighted by Gasteiger charge is -2.35. The maximum absolute atomic E-state index is 10.5. The summed E-state index contributed by atoms with van der Waals surface area (Å²) in [5.74, 6) is -0.764. The lowest BCUT2D eigenvalue weighted by atomic mass is 9.89. The topological polar surface area (TPSA) is 64.4 Å². The fourth-order valence-corrected chi connectivity index (χ4v) is 2.52. The van der Waals surface area contributed by atoms with Gasteiger partial charge in [0.05, 0.1) is 11.9 Å². The van der Waals surface area contributed by atoms with Crippen molar-refractivity contribution in [3.8, 4) is 0 Å². The molecule has 0 saturated heterocycles. The molecule has 1 aromatic heterocycles. The zero-order valence-electron chi connectivity index (χ0n) is 9.00. The third-order valence-electron chi connectivity index (χ3n) is 2.75. The number of aliphatic carboxylic acids is 1. The second-order valence-corrected chi connectivity index (χ2v) is 4.72. The van der Waals surface area contributed by atoms with E-state index in [9.17, 15) is 4.79 Å². The van der Waals surface area contributed by atoms with Crippen molar-refractivity contribution in [2.24, 2.45) is 0 Å². The van der Waals surface area contributed by atoms with E-state index in [4.69, 9.17) is 9.84 Å². The van der Waals surface area contributed by atoms with Crippen molar-refractivity contribution in [2.75, 3.05) is 12.9 Å². The molecule has 5 nitrogen and oxygen atoms in total. The number of thioether (sulfide) groups is 1. The zero-order chi connectivity index (χ0) is 11.5. The molecular formula is C10H14N2O3S. The number of imidazole rings is 1. The summed E-state index contributed by atoms with van der Waals surface area (Å²) >= 11 is 1.26. The summed E-state index contributed by atoms with van der Waals surface area (Å²) < 4.78 is 7.26. The van der Waals surface area contributed by atoms with Gasteiger partial charge in [-0.25, -0.2) is 4.98 Å². The van der Waals surface area contributed by atoms with E-state index in [2.05, 4.69) is 4.98 Å². The standard InChI is InChI=1S/C10H14N2O3S/c1-15-8-4-7(5-8)12-3-2-11-10(12)16-6-9(13)14/h2-3,7-8H,4-6H2,1H3,(H,13,14). The van der Waals surface area contributed by atoms with Crippen LogP contribution in [-0.4, -0.2) is 39.6 Å². The van der Waals surface area contributed by atoms with E-state index in [-0.39, 0.29) is 5.75 Å². The van der Waals surface area contributed by atoms with E-state index >= 15 is 0 Å². The van der Waals surface area contributed by atoms with Gasteiger partial charge >= 0.3 is 5.97 Å². The molecule has 1 aliphatic rings. The molecule has 0 amide bonds. The first kappa shape index (κ1) is 11.5. The number of hydrogen-bond acceptors (Lipinski definition) is 4. The van der Waals surface area contributed by atoms with Crippen molar-refractivity contribution in [3.05, 3.63) is 12.4 Å². The smallest absolute Gasteiger partial charge is 0.313 e.